The van der Waals surface area contributed by atoms with Crippen molar-refractivity contribution in [2.45, 2.75) is 33.0 Å². The summed E-state index contributed by atoms with van der Waals surface area (Å²) in [5, 5.41) is 11.6. The molecule has 1 saturated heterocycles. The molecule has 0 aliphatic carbocycles. The van der Waals surface area contributed by atoms with Gasteiger partial charge in [-0.05, 0) is 20.9 Å². The fourth-order valence-electron chi connectivity index (χ4n) is 1.89. The van der Waals surface area contributed by atoms with Crippen molar-refractivity contribution in [3.63, 3.8) is 0 Å². The summed E-state index contributed by atoms with van der Waals surface area (Å²) < 4.78 is 2.17. The van der Waals surface area contributed by atoms with E-state index in [0.29, 0.717) is 6.04 Å². The molecule has 1 fully saturated rings. The second kappa shape index (κ2) is 5.61. The van der Waals surface area contributed by atoms with Crippen LogP contribution in [0.3, 0.4) is 0 Å². The fourth-order valence-corrected chi connectivity index (χ4v) is 1.89. The molecule has 0 atom stereocenters. The highest BCUT2D eigenvalue weighted by Crippen LogP contribution is 2.08. The Morgan fingerprint density at radius 1 is 1.44 bits per heavy atom. The summed E-state index contributed by atoms with van der Waals surface area (Å²) in [6, 6.07) is 0.660. The number of rotatable bonds is 4. The largest absolute Gasteiger partial charge is 0.314 e. The maximum atomic E-state index is 4.22. The summed E-state index contributed by atoms with van der Waals surface area (Å²) in [7, 11) is 2.15. The molecular weight excluding hydrogens is 226 g/mol. The molecular formula is C10H20ClN5. The molecule has 0 saturated carbocycles. The third-order valence-electron chi connectivity index (χ3n) is 3.10. The van der Waals surface area contributed by atoms with Crippen LogP contribution in [0.5, 0.6) is 0 Å². The van der Waals surface area contributed by atoms with Gasteiger partial charge in [-0.1, -0.05) is 0 Å². The standard InChI is InChI=1S/C10H19N5.ClH/c1-4-15-8(2)12-13-10(15)7-14(3)9-5-11-6-9;/h9,11H,4-7H2,1-3H3;1H. The number of nitrogens with one attached hydrogen (secondary N) is 1. The number of hydrogen-bond acceptors (Lipinski definition) is 4. The summed E-state index contributed by atoms with van der Waals surface area (Å²) in [5.41, 5.74) is 0. The van der Waals surface area contributed by atoms with Gasteiger partial charge < -0.3 is 9.88 Å². The summed E-state index contributed by atoms with van der Waals surface area (Å²) >= 11 is 0. The molecule has 6 heteroatoms. The van der Waals surface area contributed by atoms with Crippen molar-refractivity contribution in [3.8, 4) is 0 Å². The molecule has 92 valence electrons. The van der Waals surface area contributed by atoms with Crippen LogP contribution in [0.1, 0.15) is 18.6 Å². The molecule has 1 aromatic rings. The number of likely N-dealkylation sites (N-methyl/N-ethyl adjacent to an activating group) is 1. The Hall–Kier alpha value is -0.650. The van der Waals surface area contributed by atoms with Crippen LogP contribution >= 0.6 is 12.4 Å². The highest BCUT2D eigenvalue weighted by molar-refractivity contribution is 5.85. The van der Waals surface area contributed by atoms with Crippen molar-refractivity contribution in [2.75, 3.05) is 20.1 Å². The van der Waals surface area contributed by atoms with Gasteiger partial charge in [-0.15, -0.1) is 22.6 Å². The molecule has 1 aliphatic heterocycles. The second-order valence-corrected chi connectivity index (χ2v) is 4.13. The van der Waals surface area contributed by atoms with E-state index in [-0.39, 0.29) is 12.4 Å². The van der Waals surface area contributed by atoms with Crippen molar-refractivity contribution in [1.29, 1.82) is 0 Å². The topological polar surface area (TPSA) is 46.0 Å². The molecule has 0 unspecified atom stereocenters. The van der Waals surface area contributed by atoms with E-state index in [1.165, 1.54) is 0 Å². The highest BCUT2D eigenvalue weighted by Gasteiger charge is 2.22. The highest BCUT2D eigenvalue weighted by atomic mass is 35.5. The van der Waals surface area contributed by atoms with Crippen molar-refractivity contribution in [3.05, 3.63) is 11.6 Å². The van der Waals surface area contributed by atoms with Crippen LogP contribution in [0, 0.1) is 6.92 Å². The lowest BCUT2D eigenvalue weighted by Crippen LogP contribution is -2.55. The van der Waals surface area contributed by atoms with E-state index in [9.17, 15) is 0 Å². The third kappa shape index (κ3) is 2.53. The minimum absolute atomic E-state index is 0. The van der Waals surface area contributed by atoms with Gasteiger partial charge in [0, 0.05) is 25.7 Å². The lowest BCUT2D eigenvalue weighted by molar-refractivity contribution is 0.167. The molecule has 2 rings (SSSR count). The monoisotopic (exact) mass is 245 g/mol. The van der Waals surface area contributed by atoms with E-state index in [2.05, 4.69) is 39.0 Å². The molecule has 16 heavy (non-hydrogen) atoms. The zero-order valence-corrected chi connectivity index (χ0v) is 10.9. The van der Waals surface area contributed by atoms with E-state index >= 15 is 0 Å². The van der Waals surface area contributed by atoms with E-state index in [0.717, 1.165) is 37.8 Å². The molecule has 0 spiro atoms. The van der Waals surface area contributed by atoms with Gasteiger partial charge in [-0.25, -0.2) is 0 Å². The first-order valence-electron chi connectivity index (χ1n) is 5.52. The zero-order valence-electron chi connectivity index (χ0n) is 10.1. The van der Waals surface area contributed by atoms with Crippen LogP contribution in [-0.2, 0) is 13.1 Å². The van der Waals surface area contributed by atoms with Gasteiger partial charge in [0.05, 0.1) is 6.54 Å². The summed E-state index contributed by atoms with van der Waals surface area (Å²) in [6.07, 6.45) is 0. The molecule has 0 aromatic carbocycles. The van der Waals surface area contributed by atoms with Crippen LogP contribution in [0.2, 0.25) is 0 Å². The quantitative estimate of drug-likeness (QED) is 0.836. The summed E-state index contributed by atoms with van der Waals surface area (Å²) in [4.78, 5) is 2.34. The third-order valence-corrected chi connectivity index (χ3v) is 3.10. The number of aromatic nitrogens is 3. The Bertz CT molecular complexity index is 334. The molecule has 1 aromatic heterocycles. The van der Waals surface area contributed by atoms with Crippen LogP contribution < -0.4 is 5.32 Å². The number of hydrogen-bond donors (Lipinski definition) is 1. The Labute approximate surface area is 103 Å². The first-order chi connectivity index (χ1) is 7.22. The number of halogens is 1. The first-order valence-corrected chi connectivity index (χ1v) is 5.52. The lowest BCUT2D eigenvalue weighted by atomic mass is 10.1. The average Bonchev–Trinajstić information content (AvgIpc) is 2.43. The predicted octanol–water partition coefficient (Wildman–Crippen LogP) is 0.432. The van der Waals surface area contributed by atoms with Gasteiger partial charge in [-0.2, -0.15) is 0 Å². The van der Waals surface area contributed by atoms with Crippen molar-refractivity contribution in [2.24, 2.45) is 0 Å². The normalized spacial score (nSPS) is 16.0. The predicted molar refractivity (Wildman–Crippen MR) is 65.8 cm³/mol. The van der Waals surface area contributed by atoms with Crippen molar-refractivity contribution >= 4 is 12.4 Å². The van der Waals surface area contributed by atoms with E-state index < -0.39 is 0 Å². The Morgan fingerprint density at radius 2 is 2.12 bits per heavy atom. The van der Waals surface area contributed by atoms with Crippen LogP contribution in [0.25, 0.3) is 0 Å². The molecule has 0 bridgehead atoms. The van der Waals surface area contributed by atoms with Gasteiger partial charge in [-0.3, -0.25) is 4.90 Å². The first kappa shape index (κ1) is 13.4. The van der Waals surface area contributed by atoms with Gasteiger partial charge in [0.2, 0.25) is 0 Å². The average molecular weight is 246 g/mol. The molecule has 2 heterocycles. The molecule has 1 N–H and O–H groups in total. The van der Waals surface area contributed by atoms with Crippen LogP contribution in [0.4, 0.5) is 0 Å². The number of nitrogens with zero attached hydrogens (tertiary/aromatic N) is 4. The van der Waals surface area contributed by atoms with E-state index in [1.54, 1.807) is 0 Å². The zero-order chi connectivity index (χ0) is 10.8. The Kier molecular flexibility index (Phi) is 4.70. The maximum absolute atomic E-state index is 4.22. The van der Waals surface area contributed by atoms with Gasteiger partial charge >= 0.3 is 0 Å². The SMILES string of the molecule is CCn1c(C)nnc1CN(C)C1CNC1.Cl. The minimum atomic E-state index is 0. The Morgan fingerprint density at radius 3 is 2.62 bits per heavy atom. The van der Waals surface area contributed by atoms with Crippen LogP contribution in [0.15, 0.2) is 0 Å². The smallest absolute Gasteiger partial charge is 0.147 e. The van der Waals surface area contributed by atoms with Crippen molar-refractivity contribution < 1.29 is 0 Å². The Balaban J connectivity index is 0.00000128. The van der Waals surface area contributed by atoms with Gasteiger partial charge in [0.15, 0.2) is 0 Å². The van der Waals surface area contributed by atoms with Crippen molar-refractivity contribution in [1.82, 2.24) is 25.0 Å². The van der Waals surface area contributed by atoms with Gasteiger partial charge in [0.25, 0.3) is 0 Å². The van der Waals surface area contributed by atoms with Crippen LogP contribution in [-0.4, -0.2) is 45.8 Å². The molecule has 0 amide bonds. The second-order valence-electron chi connectivity index (χ2n) is 4.13. The summed E-state index contributed by atoms with van der Waals surface area (Å²) in [5.74, 6) is 2.08. The maximum Gasteiger partial charge on any atom is 0.147 e. The van der Waals surface area contributed by atoms with E-state index in [4.69, 9.17) is 0 Å². The molecule has 0 radical (unpaired) electrons. The minimum Gasteiger partial charge on any atom is -0.314 e. The summed E-state index contributed by atoms with van der Waals surface area (Å²) in [6.45, 7) is 8.16. The molecule has 5 nitrogen and oxygen atoms in total. The lowest BCUT2D eigenvalue weighted by Gasteiger charge is -2.35. The van der Waals surface area contributed by atoms with Gasteiger partial charge in [0.1, 0.15) is 11.6 Å². The fraction of sp³-hybridized carbons (Fsp3) is 0.800. The number of aryl methyl sites for hydroxylation is 1. The van der Waals surface area contributed by atoms with E-state index in [1.807, 2.05) is 6.92 Å². The molecule has 1 aliphatic rings.